The summed E-state index contributed by atoms with van der Waals surface area (Å²) < 4.78 is 52.8. The van der Waals surface area contributed by atoms with Crippen LogP contribution in [0.1, 0.15) is 38.5 Å². The zero-order valence-corrected chi connectivity index (χ0v) is 11.9. The van der Waals surface area contributed by atoms with Gasteiger partial charge in [0.2, 0.25) is 10.0 Å². The Morgan fingerprint density at radius 1 is 1.25 bits per heavy atom. The fraction of sp³-hybridized carbons (Fsp3) is 0.917. The normalized spacial score (nSPS) is 31.3. The number of rotatable bonds is 4. The van der Waals surface area contributed by atoms with Crippen molar-refractivity contribution >= 4 is 16.0 Å². The summed E-state index contributed by atoms with van der Waals surface area (Å²) in [6, 6.07) is -1.10. The van der Waals surface area contributed by atoms with Crippen molar-refractivity contribution in [2.45, 2.75) is 50.5 Å². The molecule has 0 aromatic heterocycles. The van der Waals surface area contributed by atoms with Gasteiger partial charge in [0.25, 0.3) is 5.92 Å². The van der Waals surface area contributed by atoms with E-state index in [2.05, 4.69) is 0 Å². The van der Waals surface area contributed by atoms with Crippen LogP contribution in [-0.2, 0) is 14.8 Å². The van der Waals surface area contributed by atoms with Crippen LogP contribution in [0.3, 0.4) is 0 Å². The molecule has 2 rings (SSSR count). The van der Waals surface area contributed by atoms with Gasteiger partial charge in [-0.1, -0.05) is 6.42 Å². The van der Waals surface area contributed by atoms with Crippen molar-refractivity contribution in [3.8, 4) is 0 Å². The van der Waals surface area contributed by atoms with Crippen LogP contribution >= 0.6 is 0 Å². The second-order valence-corrected chi connectivity index (χ2v) is 7.56. The number of aliphatic carboxylic acids is 1. The minimum Gasteiger partial charge on any atom is -0.480 e. The van der Waals surface area contributed by atoms with Crippen LogP contribution in [-0.4, -0.2) is 48.1 Å². The highest BCUT2D eigenvalue weighted by Crippen LogP contribution is 2.40. The largest absolute Gasteiger partial charge is 0.480 e. The van der Waals surface area contributed by atoms with Gasteiger partial charge in [0.15, 0.2) is 0 Å². The molecule has 0 amide bonds. The van der Waals surface area contributed by atoms with E-state index in [4.69, 9.17) is 5.11 Å². The molecule has 0 radical (unpaired) electrons. The van der Waals surface area contributed by atoms with Crippen molar-refractivity contribution in [1.29, 1.82) is 0 Å². The molecule has 1 heterocycles. The standard InChI is InChI=1S/C12H19F2NO4S/c13-12(14)6-2-1-4-9(12)8-20(18,19)15-7-3-5-10(15)11(16)17/h9-10H,1-8H2,(H,16,17)/t9?,10-/m1/s1. The molecule has 0 aromatic carbocycles. The highest BCUT2D eigenvalue weighted by atomic mass is 32.2. The maximum atomic E-state index is 13.7. The highest BCUT2D eigenvalue weighted by Gasteiger charge is 2.46. The Kier molecular flexibility index (Phi) is 4.34. The van der Waals surface area contributed by atoms with Crippen molar-refractivity contribution in [3.05, 3.63) is 0 Å². The Hall–Kier alpha value is -0.760. The zero-order valence-electron chi connectivity index (χ0n) is 11.1. The van der Waals surface area contributed by atoms with Gasteiger partial charge in [-0.05, 0) is 25.7 Å². The summed E-state index contributed by atoms with van der Waals surface area (Å²) in [6.07, 6.45) is 1.60. The molecule has 1 unspecified atom stereocenters. The lowest BCUT2D eigenvalue weighted by Crippen LogP contribution is -2.45. The predicted molar refractivity (Wildman–Crippen MR) is 68.1 cm³/mol. The molecule has 1 aliphatic carbocycles. The number of hydrogen-bond donors (Lipinski definition) is 1. The average molecular weight is 311 g/mol. The summed E-state index contributed by atoms with van der Waals surface area (Å²) in [5, 5.41) is 9.00. The van der Waals surface area contributed by atoms with Gasteiger partial charge in [-0.25, -0.2) is 17.2 Å². The second-order valence-electron chi connectivity index (χ2n) is 5.59. The molecule has 20 heavy (non-hydrogen) atoms. The number of carbonyl (C=O) groups is 1. The molecule has 0 bridgehead atoms. The van der Waals surface area contributed by atoms with Crippen molar-refractivity contribution in [1.82, 2.24) is 4.31 Å². The lowest BCUT2D eigenvalue weighted by molar-refractivity contribution is -0.140. The van der Waals surface area contributed by atoms with E-state index in [0.717, 1.165) is 4.31 Å². The van der Waals surface area contributed by atoms with E-state index in [1.165, 1.54) is 0 Å². The predicted octanol–water partition coefficient (Wildman–Crippen LogP) is 1.69. The summed E-state index contributed by atoms with van der Waals surface area (Å²) in [5.41, 5.74) is 0. The first-order valence-electron chi connectivity index (χ1n) is 6.84. The van der Waals surface area contributed by atoms with E-state index in [9.17, 15) is 22.0 Å². The first kappa shape index (κ1) is 15.6. The number of carboxylic acid groups (broad SMARTS) is 1. The maximum absolute atomic E-state index is 13.7. The fourth-order valence-corrected chi connectivity index (χ4v) is 5.14. The molecule has 2 fully saturated rings. The quantitative estimate of drug-likeness (QED) is 0.857. The summed E-state index contributed by atoms with van der Waals surface area (Å²) in [6.45, 7) is 0.109. The van der Waals surface area contributed by atoms with Crippen LogP contribution < -0.4 is 0 Å². The molecular formula is C12H19F2NO4S. The number of hydrogen-bond acceptors (Lipinski definition) is 3. The summed E-state index contributed by atoms with van der Waals surface area (Å²) >= 11 is 0. The lowest BCUT2D eigenvalue weighted by atomic mass is 9.87. The molecule has 1 saturated carbocycles. The molecular weight excluding hydrogens is 292 g/mol. The van der Waals surface area contributed by atoms with Gasteiger partial charge >= 0.3 is 5.97 Å². The number of alkyl halides is 2. The van der Waals surface area contributed by atoms with Gasteiger partial charge in [0.1, 0.15) is 6.04 Å². The number of halogens is 2. The molecule has 1 saturated heterocycles. The minimum atomic E-state index is -3.95. The van der Waals surface area contributed by atoms with Crippen LogP contribution in [0.2, 0.25) is 0 Å². The third-order valence-electron chi connectivity index (χ3n) is 4.17. The van der Waals surface area contributed by atoms with Crippen molar-refractivity contribution < 1.29 is 27.1 Å². The maximum Gasteiger partial charge on any atom is 0.322 e. The van der Waals surface area contributed by atoms with E-state index >= 15 is 0 Å². The molecule has 1 aliphatic heterocycles. The van der Waals surface area contributed by atoms with Gasteiger partial charge in [-0.3, -0.25) is 4.79 Å². The van der Waals surface area contributed by atoms with E-state index in [1.54, 1.807) is 0 Å². The Balaban J connectivity index is 2.12. The number of sulfonamides is 1. The van der Waals surface area contributed by atoms with Gasteiger partial charge in [-0.2, -0.15) is 4.31 Å². The first-order valence-corrected chi connectivity index (χ1v) is 8.45. The van der Waals surface area contributed by atoms with Crippen LogP contribution in [0.5, 0.6) is 0 Å². The number of carboxylic acids is 1. The highest BCUT2D eigenvalue weighted by molar-refractivity contribution is 7.89. The second kappa shape index (κ2) is 5.55. The summed E-state index contributed by atoms with van der Waals surface area (Å²) in [7, 11) is -3.95. The van der Waals surface area contributed by atoms with Crippen LogP contribution in [0, 0.1) is 5.92 Å². The Labute approximate surface area is 117 Å². The molecule has 116 valence electrons. The summed E-state index contributed by atoms with van der Waals surface area (Å²) in [4.78, 5) is 11.0. The minimum absolute atomic E-state index is 0.109. The van der Waals surface area contributed by atoms with Gasteiger partial charge in [-0.15, -0.1) is 0 Å². The molecule has 8 heteroatoms. The molecule has 1 N–H and O–H groups in total. The summed E-state index contributed by atoms with van der Waals surface area (Å²) in [5.74, 6) is -6.02. The third kappa shape index (κ3) is 3.11. The van der Waals surface area contributed by atoms with E-state index in [0.29, 0.717) is 19.3 Å². The van der Waals surface area contributed by atoms with Crippen molar-refractivity contribution in [3.63, 3.8) is 0 Å². The fourth-order valence-electron chi connectivity index (χ4n) is 3.04. The Morgan fingerprint density at radius 2 is 1.95 bits per heavy atom. The Morgan fingerprint density at radius 3 is 2.55 bits per heavy atom. The molecule has 5 nitrogen and oxygen atoms in total. The Bertz CT molecular complexity index is 480. The zero-order chi connectivity index (χ0) is 15.0. The van der Waals surface area contributed by atoms with Gasteiger partial charge in [0.05, 0.1) is 5.75 Å². The van der Waals surface area contributed by atoms with E-state index < -0.39 is 39.6 Å². The smallest absolute Gasteiger partial charge is 0.322 e. The van der Waals surface area contributed by atoms with Crippen LogP contribution in [0.4, 0.5) is 8.78 Å². The topological polar surface area (TPSA) is 74.7 Å². The van der Waals surface area contributed by atoms with E-state index in [-0.39, 0.29) is 25.8 Å². The van der Waals surface area contributed by atoms with Crippen LogP contribution in [0.15, 0.2) is 0 Å². The van der Waals surface area contributed by atoms with E-state index in [1.807, 2.05) is 0 Å². The van der Waals surface area contributed by atoms with Crippen molar-refractivity contribution in [2.75, 3.05) is 12.3 Å². The third-order valence-corrected chi connectivity index (χ3v) is 6.14. The number of nitrogens with zero attached hydrogens (tertiary/aromatic N) is 1. The SMILES string of the molecule is O=C(O)[C@H]1CCCN1S(=O)(=O)CC1CCCCC1(F)F. The molecule has 2 aliphatic rings. The molecule has 0 spiro atoms. The average Bonchev–Trinajstić information content (AvgIpc) is 2.81. The van der Waals surface area contributed by atoms with Gasteiger partial charge < -0.3 is 5.11 Å². The molecule has 0 aromatic rings. The van der Waals surface area contributed by atoms with Crippen LogP contribution in [0.25, 0.3) is 0 Å². The first-order chi connectivity index (χ1) is 9.24. The van der Waals surface area contributed by atoms with Gasteiger partial charge in [0, 0.05) is 18.9 Å². The monoisotopic (exact) mass is 311 g/mol. The molecule has 2 atom stereocenters. The lowest BCUT2D eigenvalue weighted by Gasteiger charge is -2.32. The van der Waals surface area contributed by atoms with Crippen molar-refractivity contribution in [2.24, 2.45) is 5.92 Å².